The van der Waals surface area contributed by atoms with Crippen LogP contribution in [0.25, 0.3) is 0 Å². The van der Waals surface area contributed by atoms with Crippen molar-refractivity contribution in [3.63, 3.8) is 0 Å². The third kappa shape index (κ3) is 1.71. The molecule has 0 aromatic heterocycles. The van der Waals surface area contributed by atoms with Gasteiger partial charge in [0, 0.05) is 6.61 Å². The minimum Gasteiger partial charge on any atom is -0.366 e. The molecule has 1 aliphatic rings. The number of halogens is 2. The Kier molecular flexibility index (Phi) is 2.80. The smallest absolute Gasteiger partial charge is 0.124 e. The van der Waals surface area contributed by atoms with Crippen molar-refractivity contribution >= 4 is 31.9 Å². The summed E-state index contributed by atoms with van der Waals surface area (Å²) in [5.74, 6) is 0. The van der Waals surface area contributed by atoms with E-state index in [1.54, 1.807) is 0 Å². The van der Waals surface area contributed by atoms with Crippen LogP contribution in [0.4, 0.5) is 0 Å². The normalized spacial score (nSPS) is 39.8. The van der Waals surface area contributed by atoms with E-state index >= 15 is 0 Å². The van der Waals surface area contributed by atoms with Crippen molar-refractivity contribution in [2.45, 2.75) is 22.7 Å². The molecule has 0 amide bonds. The van der Waals surface area contributed by atoms with Crippen LogP contribution in [0.1, 0.15) is 12.8 Å². The molecule has 0 spiro atoms. The number of hydrogen-bond acceptors (Lipinski definition) is 1. The van der Waals surface area contributed by atoms with Gasteiger partial charge in [-0.15, -0.1) is 0 Å². The Morgan fingerprint density at radius 3 is 2.50 bits per heavy atom. The van der Waals surface area contributed by atoms with E-state index in [-0.39, 0.29) is 5.01 Å². The van der Waals surface area contributed by atoms with Crippen LogP contribution in [0.15, 0.2) is 0 Å². The minimum absolute atomic E-state index is 0.233. The number of alkyl halides is 2. The molecule has 0 aliphatic carbocycles. The van der Waals surface area contributed by atoms with Crippen LogP contribution in [-0.4, -0.2) is 16.4 Å². The lowest BCUT2D eigenvalue weighted by atomic mass is 10.2. The monoisotopic (exact) mass is 242 g/mol. The predicted molar refractivity (Wildman–Crippen MR) is 40.6 cm³/mol. The van der Waals surface area contributed by atoms with Gasteiger partial charge < -0.3 is 4.74 Å². The maximum absolute atomic E-state index is 5.26. The molecular formula is C5H8Br2O. The third-order valence-electron chi connectivity index (χ3n) is 1.19. The molecular weight excluding hydrogens is 236 g/mol. The standard InChI is InChI=1S/C5H8Br2O/c6-4-2-1-3-8-5(4)7/h4-5H,1-3H2/t4-,5-/m0/s1. The highest BCUT2D eigenvalue weighted by Crippen LogP contribution is 2.24. The molecule has 48 valence electrons. The average Bonchev–Trinajstić information content (AvgIpc) is 1.77. The Bertz CT molecular complexity index is 66.8. The van der Waals surface area contributed by atoms with Gasteiger partial charge in [0.15, 0.2) is 0 Å². The van der Waals surface area contributed by atoms with Crippen LogP contribution in [0.3, 0.4) is 0 Å². The Hall–Kier alpha value is 0.920. The summed E-state index contributed by atoms with van der Waals surface area (Å²) in [5, 5.41) is 0.233. The molecule has 1 rings (SSSR count). The van der Waals surface area contributed by atoms with Crippen molar-refractivity contribution in [2.75, 3.05) is 6.61 Å². The number of rotatable bonds is 0. The largest absolute Gasteiger partial charge is 0.366 e. The van der Waals surface area contributed by atoms with Crippen molar-refractivity contribution in [2.24, 2.45) is 0 Å². The Labute approximate surface area is 66.0 Å². The first-order chi connectivity index (χ1) is 3.80. The number of hydrogen-bond donors (Lipinski definition) is 0. The van der Waals surface area contributed by atoms with Gasteiger partial charge in [-0.05, 0) is 12.8 Å². The fraction of sp³-hybridized carbons (Fsp3) is 1.00. The molecule has 8 heavy (non-hydrogen) atoms. The van der Waals surface area contributed by atoms with Gasteiger partial charge in [-0.2, -0.15) is 0 Å². The van der Waals surface area contributed by atoms with Crippen LogP contribution in [0.5, 0.6) is 0 Å². The topological polar surface area (TPSA) is 9.23 Å². The summed E-state index contributed by atoms with van der Waals surface area (Å²) in [6.07, 6.45) is 2.40. The fourth-order valence-corrected chi connectivity index (χ4v) is 1.64. The van der Waals surface area contributed by atoms with E-state index in [9.17, 15) is 0 Å². The van der Waals surface area contributed by atoms with Crippen molar-refractivity contribution < 1.29 is 4.74 Å². The molecule has 2 atom stereocenters. The molecule has 0 radical (unpaired) electrons. The van der Waals surface area contributed by atoms with Crippen LogP contribution >= 0.6 is 31.9 Å². The first kappa shape index (κ1) is 7.03. The maximum Gasteiger partial charge on any atom is 0.124 e. The van der Waals surface area contributed by atoms with Gasteiger partial charge in [0.2, 0.25) is 0 Å². The highest BCUT2D eigenvalue weighted by molar-refractivity contribution is 9.12. The predicted octanol–water partition coefficient (Wildman–Crippen LogP) is 2.28. The average molecular weight is 244 g/mol. The fourth-order valence-electron chi connectivity index (χ4n) is 0.710. The van der Waals surface area contributed by atoms with E-state index in [2.05, 4.69) is 31.9 Å². The van der Waals surface area contributed by atoms with Gasteiger partial charge in [-0.25, -0.2) is 0 Å². The van der Waals surface area contributed by atoms with Gasteiger partial charge in [0.05, 0.1) is 4.83 Å². The summed E-state index contributed by atoms with van der Waals surface area (Å²) in [6.45, 7) is 0.901. The van der Waals surface area contributed by atoms with Gasteiger partial charge in [-0.1, -0.05) is 31.9 Å². The first-order valence-electron chi connectivity index (χ1n) is 2.70. The Balaban J connectivity index is 2.28. The van der Waals surface area contributed by atoms with E-state index in [1.165, 1.54) is 12.8 Å². The second-order valence-corrected chi connectivity index (χ2v) is 3.96. The van der Waals surface area contributed by atoms with E-state index in [0.717, 1.165) is 6.61 Å². The van der Waals surface area contributed by atoms with Crippen LogP contribution in [-0.2, 0) is 4.74 Å². The van der Waals surface area contributed by atoms with E-state index in [0.29, 0.717) is 4.83 Å². The van der Waals surface area contributed by atoms with Crippen LogP contribution in [0, 0.1) is 0 Å². The second-order valence-electron chi connectivity index (χ2n) is 1.88. The van der Waals surface area contributed by atoms with Crippen molar-refractivity contribution in [3.05, 3.63) is 0 Å². The summed E-state index contributed by atoms with van der Waals surface area (Å²) in [7, 11) is 0. The Morgan fingerprint density at radius 1 is 1.38 bits per heavy atom. The van der Waals surface area contributed by atoms with Gasteiger partial charge in [-0.3, -0.25) is 0 Å². The quantitative estimate of drug-likeness (QED) is 0.594. The molecule has 0 bridgehead atoms. The third-order valence-corrected chi connectivity index (χ3v) is 3.74. The molecule has 0 aromatic rings. The molecule has 0 aromatic carbocycles. The molecule has 0 N–H and O–H groups in total. The lowest BCUT2D eigenvalue weighted by Gasteiger charge is -2.22. The molecule has 1 heterocycles. The molecule has 1 nitrogen and oxygen atoms in total. The van der Waals surface area contributed by atoms with Gasteiger partial charge in [0.25, 0.3) is 0 Å². The maximum atomic E-state index is 5.26. The summed E-state index contributed by atoms with van der Waals surface area (Å²) >= 11 is 6.87. The van der Waals surface area contributed by atoms with Crippen LogP contribution < -0.4 is 0 Å². The van der Waals surface area contributed by atoms with Crippen LogP contribution in [0.2, 0.25) is 0 Å². The Morgan fingerprint density at radius 2 is 2.12 bits per heavy atom. The molecule has 1 aliphatic heterocycles. The highest BCUT2D eigenvalue weighted by Gasteiger charge is 2.19. The summed E-state index contributed by atoms with van der Waals surface area (Å²) in [6, 6.07) is 0. The number of ether oxygens (including phenoxy) is 1. The van der Waals surface area contributed by atoms with Gasteiger partial charge in [0.1, 0.15) is 5.01 Å². The van der Waals surface area contributed by atoms with Gasteiger partial charge >= 0.3 is 0 Å². The summed E-state index contributed by atoms with van der Waals surface area (Å²) < 4.78 is 5.26. The summed E-state index contributed by atoms with van der Waals surface area (Å²) in [4.78, 5) is 0.510. The van der Waals surface area contributed by atoms with Crippen molar-refractivity contribution in [1.82, 2.24) is 0 Å². The second kappa shape index (κ2) is 3.18. The van der Waals surface area contributed by atoms with Crippen molar-refractivity contribution in [1.29, 1.82) is 0 Å². The zero-order chi connectivity index (χ0) is 5.98. The lowest BCUT2D eigenvalue weighted by molar-refractivity contribution is 0.0835. The zero-order valence-electron chi connectivity index (χ0n) is 4.44. The zero-order valence-corrected chi connectivity index (χ0v) is 7.61. The molecule has 0 unspecified atom stereocenters. The molecule has 3 heteroatoms. The SMILES string of the molecule is Br[C@H]1CCCO[C@@H]1Br. The summed E-state index contributed by atoms with van der Waals surface area (Å²) in [5.41, 5.74) is 0. The van der Waals surface area contributed by atoms with E-state index < -0.39 is 0 Å². The van der Waals surface area contributed by atoms with E-state index in [4.69, 9.17) is 4.74 Å². The van der Waals surface area contributed by atoms with Crippen molar-refractivity contribution in [3.8, 4) is 0 Å². The molecule has 0 saturated carbocycles. The highest BCUT2D eigenvalue weighted by atomic mass is 79.9. The molecule has 1 fully saturated rings. The minimum atomic E-state index is 0.233. The first-order valence-corrected chi connectivity index (χ1v) is 4.53. The van der Waals surface area contributed by atoms with E-state index in [1.807, 2.05) is 0 Å². The molecule has 1 saturated heterocycles. The lowest BCUT2D eigenvalue weighted by Crippen LogP contribution is -2.23.